The molecule has 0 aliphatic rings. The molecule has 0 atom stereocenters. The van der Waals surface area contributed by atoms with Gasteiger partial charge in [0.2, 0.25) is 0 Å². The predicted molar refractivity (Wildman–Crippen MR) is 79.3 cm³/mol. The molecule has 0 fully saturated rings. The number of carboxylic acid groups (broad SMARTS) is 1. The van der Waals surface area contributed by atoms with E-state index in [1.807, 2.05) is 0 Å². The van der Waals surface area contributed by atoms with E-state index in [0.717, 1.165) is 12.3 Å². The van der Waals surface area contributed by atoms with Crippen LogP contribution in [0.1, 0.15) is 10.5 Å². The van der Waals surface area contributed by atoms with Crippen molar-refractivity contribution in [3.8, 4) is 5.75 Å². The maximum Gasteiger partial charge on any atom is 0.352 e. The molecular formula is C12H11BrN2O5S. The molecule has 1 heterocycles. The number of sulfonamides is 1. The van der Waals surface area contributed by atoms with Crippen LogP contribution >= 0.6 is 15.9 Å². The van der Waals surface area contributed by atoms with Crippen LogP contribution in [0, 0.1) is 0 Å². The zero-order chi connectivity index (χ0) is 15.6. The van der Waals surface area contributed by atoms with E-state index in [9.17, 15) is 13.2 Å². The Balaban J connectivity index is 2.32. The van der Waals surface area contributed by atoms with Crippen molar-refractivity contribution in [3.05, 3.63) is 40.6 Å². The molecule has 3 N–H and O–H groups in total. The normalized spacial score (nSPS) is 11.1. The molecule has 1 aromatic heterocycles. The highest BCUT2D eigenvalue weighted by molar-refractivity contribution is 9.10. The molecule has 0 amide bonds. The minimum absolute atomic E-state index is 0.168. The topological polar surface area (TPSA) is 108 Å². The SMILES string of the molecule is COc1cc(Br)cc(NS(=O)(=O)c2c[nH]c(C(=O)O)c2)c1. The first-order chi connectivity index (χ1) is 9.81. The fourth-order valence-electron chi connectivity index (χ4n) is 1.61. The summed E-state index contributed by atoms with van der Waals surface area (Å²) in [4.78, 5) is 13.0. The summed E-state index contributed by atoms with van der Waals surface area (Å²) in [5.74, 6) is -0.761. The second-order valence-corrected chi connectivity index (χ2v) is 6.64. The predicted octanol–water partition coefficient (Wildman–Crippen LogP) is 2.28. The van der Waals surface area contributed by atoms with Crippen molar-refractivity contribution in [1.82, 2.24) is 4.98 Å². The minimum atomic E-state index is -3.89. The number of aromatic carboxylic acids is 1. The molecule has 0 aliphatic carbocycles. The second-order valence-electron chi connectivity index (χ2n) is 4.04. The molecular weight excluding hydrogens is 364 g/mol. The molecule has 2 aromatic rings. The van der Waals surface area contributed by atoms with Crippen LogP contribution in [-0.2, 0) is 10.0 Å². The Bertz CT molecular complexity index is 785. The number of carboxylic acids is 1. The molecule has 0 saturated heterocycles. The molecule has 2 rings (SSSR count). The minimum Gasteiger partial charge on any atom is -0.497 e. The number of aromatic amines is 1. The fourth-order valence-corrected chi connectivity index (χ4v) is 3.11. The highest BCUT2D eigenvalue weighted by atomic mass is 79.9. The smallest absolute Gasteiger partial charge is 0.352 e. The van der Waals surface area contributed by atoms with Gasteiger partial charge in [0.15, 0.2) is 0 Å². The highest BCUT2D eigenvalue weighted by Crippen LogP contribution is 2.26. The van der Waals surface area contributed by atoms with Crippen molar-refractivity contribution in [3.63, 3.8) is 0 Å². The van der Waals surface area contributed by atoms with Gasteiger partial charge in [-0.25, -0.2) is 13.2 Å². The van der Waals surface area contributed by atoms with Crippen molar-refractivity contribution in [1.29, 1.82) is 0 Å². The summed E-state index contributed by atoms with van der Waals surface area (Å²) in [7, 11) is -2.43. The Kier molecular flexibility index (Phi) is 4.24. The summed E-state index contributed by atoms with van der Waals surface area (Å²) >= 11 is 3.24. The number of nitrogens with one attached hydrogen (secondary N) is 2. The number of hydrogen-bond acceptors (Lipinski definition) is 4. The first-order valence-corrected chi connectivity index (χ1v) is 7.88. The van der Waals surface area contributed by atoms with Crippen LogP contribution < -0.4 is 9.46 Å². The maximum atomic E-state index is 12.2. The lowest BCUT2D eigenvalue weighted by atomic mass is 10.3. The first-order valence-electron chi connectivity index (χ1n) is 5.61. The average molecular weight is 375 g/mol. The van der Waals surface area contributed by atoms with E-state index in [-0.39, 0.29) is 10.6 Å². The third-order valence-corrected chi connectivity index (χ3v) is 4.38. The molecule has 0 unspecified atom stereocenters. The van der Waals surface area contributed by atoms with Crippen molar-refractivity contribution in [2.75, 3.05) is 11.8 Å². The van der Waals surface area contributed by atoms with E-state index in [2.05, 4.69) is 25.6 Å². The number of ether oxygens (including phenoxy) is 1. The van der Waals surface area contributed by atoms with Crippen LogP contribution in [0.15, 0.2) is 39.8 Å². The molecule has 0 radical (unpaired) electrons. The number of benzene rings is 1. The number of H-pyrrole nitrogens is 1. The fraction of sp³-hybridized carbons (Fsp3) is 0.0833. The van der Waals surface area contributed by atoms with Crippen LogP contribution in [0.3, 0.4) is 0 Å². The summed E-state index contributed by atoms with van der Waals surface area (Å²) in [6.45, 7) is 0. The monoisotopic (exact) mass is 374 g/mol. The van der Waals surface area contributed by atoms with Crippen molar-refractivity contribution < 1.29 is 23.1 Å². The van der Waals surface area contributed by atoms with Gasteiger partial charge >= 0.3 is 5.97 Å². The van der Waals surface area contributed by atoms with Crippen LogP contribution in [-0.4, -0.2) is 31.6 Å². The average Bonchev–Trinajstić information content (AvgIpc) is 2.87. The third-order valence-electron chi connectivity index (χ3n) is 2.56. The van der Waals surface area contributed by atoms with Crippen molar-refractivity contribution >= 4 is 37.6 Å². The van der Waals surface area contributed by atoms with Crippen LogP contribution in [0.25, 0.3) is 0 Å². The Hall–Kier alpha value is -2.00. The first kappa shape index (κ1) is 15.4. The molecule has 7 nitrogen and oxygen atoms in total. The van der Waals surface area contributed by atoms with Gasteiger partial charge in [0, 0.05) is 16.7 Å². The largest absolute Gasteiger partial charge is 0.497 e. The maximum absolute atomic E-state index is 12.2. The molecule has 9 heteroatoms. The standard InChI is InChI=1S/C12H11BrN2O5S/c1-20-9-3-7(13)2-8(4-9)15-21(18,19)10-5-11(12(16)17)14-6-10/h2-6,14-15H,1H3,(H,16,17). The quantitative estimate of drug-likeness (QED) is 0.743. The molecule has 0 saturated carbocycles. The van der Waals surface area contributed by atoms with E-state index >= 15 is 0 Å². The summed E-state index contributed by atoms with van der Waals surface area (Å²) in [6, 6.07) is 5.79. The van der Waals surface area contributed by atoms with Crippen LogP contribution in [0.2, 0.25) is 0 Å². The number of anilines is 1. The Morgan fingerprint density at radius 2 is 2.05 bits per heavy atom. The lowest BCUT2D eigenvalue weighted by Gasteiger charge is -2.09. The number of rotatable bonds is 5. The van der Waals surface area contributed by atoms with Gasteiger partial charge in [-0.2, -0.15) is 0 Å². The van der Waals surface area contributed by atoms with E-state index in [1.165, 1.54) is 13.2 Å². The third kappa shape index (κ3) is 3.56. The van der Waals surface area contributed by atoms with Gasteiger partial charge in [0.05, 0.1) is 12.8 Å². The van der Waals surface area contributed by atoms with E-state index in [4.69, 9.17) is 9.84 Å². The molecule has 21 heavy (non-hydrogen) atoms. The molecule has 1 aromatic carbocycles. The number of hydrogen-bond donors (Lipinski definition) is 3. The Labute approximate surface area is 129 Å². The van der Waals surface area contributed by atoms with Crippen LogP contribution in [0.4, 0.5) is 5.69 Å². The number of halogens is 1. The second kappa shape index (κ2) is 5.78. The summed E-state index contributed by atoms with van der Waals surface area (Å²) < 4.78 is 32.4. The van der Waals surface area contributed by atoms with E-state index in [0.29, 0.717) is 15.9 Å². The number of carbonyl (C=O) groups is 1. The van der Waals surface area contributed by atoms with Gasteiger partial charge in [-0.1, -0.05) is 15.9 Å². The van der Waals surface area contributed by atoms with Gasteiger partial charge in [0.25, 0.3) is 10.0 Å². The van der Waals surface area contributed by atoms with Gasteiger partial charge in [-0.05, 0) is 18.2 Å². The zero-order valence-corrected chi connectivity index (χ0v) is 13.2. The van der Waals surface area contributed by atoms with Gasteiger partial charge in [0.1, 0.15) is 16.3 Å². The van der Waals surface area contributed by atoms with Crippen molar-refractivity contribution in [2.45, 2.75) is 4.90 Å². The summed E-state index contributed by atoms with van der Waals surface area (Å²) in [5, 5.41) is 8.79. The van der Waals surface area contributed by atoms with E-state index < -0.39 is 16.0 Å². The van der Waals surface area contributed by atoms with Crippen molar-refractivity contribution in [2.24, 2.45) is 0 Å². The molecule has 112 valence electrons. The zero-order valence-electron chi connectivity index (χ0n) is 10.8. The van der Waals surface area contributed by atoms with Gasteiger partial charge < -0.3 is 14.8 Å². The summed E-state index contributed by atoms with van der Waals surface area (Å²) in [5.41, 5.74) is 0.0847. The summed E-state index contributed by atoms with van der Waals surface area (Å²) in [6.07, 6.45) is 1.11. The lowest BCUT2D eigenvalue weighted by molar-refractivity contribution is 0.0691. The highest BCUT2D eigenvalue weighted by Gasteiger charge is 2.18. The Morgan fingerprint density at radius 1 is 1.33 bits per heavy atom. The Morgan fingerprint density at radius 3 is 2.62 bits per heavy atom. The molecule has 0 spiro atoms. The molecule has 0 bridgehead atoms. The van der Waals surface area contributed by atoms with Gasteiger partial charge in [-0.15, -0.1) is 0 Å². The lowest BCUT2D eigenvalue weighted by Crippen LogP contribution is -2.12. The van der Waals surface area contributed by atoms with Gasteiger partial charge in [-0.3, -0.25) is 4.72 Å². The van der Waals surface area contributed by atoms with Crippen LogP contribution in [0.5, 0.6) is 5.75 Å². The van der Waals surface area contributed by atoms with E-state index in [1.54, 1.807) is 12.1 Å². The number of aromatic nitrogens is 1. The molecule has 0 aliphatic heterocycles. The number of methoxy groups -OCH3 is 1.